The summed E-state index contributed by atoms with van der Waals surface area (Å²) in [6.07, 6.45) is 2.67. The topological polar surface area (TPSA) is 46.4 Å². The van der Waals surface area contributed by atoms with E-state index in [1.807, 2.05) is 66.9 Å². The average molecular weight is 279 g/mol. The first-order valence-electron chi connectivity index (χ1n) is 7.03. The fraction of sp³-hybridized carbons (Fsp3) is 0.176. The number of nitrogens with one attached hydrogen (secondary N) is 1. The standard InChI is InChI=1S/C17H17N3O/c1-3-14-16(17(21)18-13-7-5-4-6-8-13)20-11-12(2)9-10-15(20)19-14/h4-11H,3H2,1-2H3,(H,18,21). The Labute approximate surface area is 123 Å². The van der Waals surface area contributed by atoms with Crippen LogP contribution < -0.4 is 5.32 Å². The average Bonchev–Trinajstić information content (AvgIpc) is 2.86. The van der Waals surface area contributed by atoms with Crippen LogP contribution in [0.1, 0.15) is 28.7 Å². The first-order valence-corrected chi connectivity index (χ1v) is 7.03. The van der Waals surface area contributed by atoms with Crippen molar-refractivity contribution in [1.29, 1.82) is 0 Å². The largest absolute Gasteiger partial charge is 0.321 e. The van der Waals surface area contributed by atoms with Crippen molar-refractivity contribution >= 4 is 17.2 Å². The van der Waals surface area contributed by atoms with E-state index in [4.69, 9.17) is 0 Å². The van der Waals surface area contributed by atoms with Gasteiger partial charge in [-0.2, -0.15) is 0 Å². The van der Waals surface area contributed by atoms with Gasteiger partial charge < -0.3 is 5.32 Å². The minimum absolute atomic E-state index is 0.129. The van der Waals surface area contributed by atoms with Gasteiger partial charge in [0.1, 0.15) is 11.3 Å². The number of anilines is 1. The molecule has 1 amide bonds. The number of fused-ring (bicyclic) bond motifs is 1. The summed E-state index contributed by atoms with van der Waals surface area (Å²) in [6, 6.07) is 13.4. The van der Waals surface area contributed by atoms with E-state index in [1.165, 1.54) is 0 Å². The number of benzene rings is 1. The van der Waals surface area contributed by atoms with Crippen molar-refractivity contribution in [1.82, 2.24) is 9.38 Å². The number of rotatable bonds is 3. The minimum atomic E-state index is -0.129. The lowest BCUT2D eigenvalue weighted by Crippen LogP contribution is -2.16. The number of aryl methyl sites for hydroxylation is 2. The quantitative estimate of drug-likeness (QED) is 0.798. The third kappa shape index (κ3) is 2.52. The molecule has 0 saturated heterocycles. The number of pyridine rings is 1. The van der Waals surface area contributed by atoms with Crippen LogP contribution in [0.3, 0.4) is 0 Å². The molecule has 1 aromatic carbocycles. The van der Waals surface area contributed by atoms with Crippen molar-refractivity contribution in [3.8, 4) is 0 Å². The van der Waals surface area contributed by atoms with Gasteiger partial charge in [0.25, 0.3) is 5.91 Å². The third-order valence-corrected chi connectivity index (χ3v) is 3.42. The zero-order valence-corrected chi connectivity index (χ0v) is 12.1. The van der Waals surface area contributed by atoms with Crippen molar-refractivity contribution in [2.75, 3.05) is 5.32 Å². The molecule has 0 aliphatic heterocycles. The van der Waals surface area contributed by atoms with E-state index in [0.717, 1.165) is 29.0 Å². The van der Waals surface area contributed by atoms with Crippen LogP contribution in [0, 0.1) is 6.92 Å². The number of carbonyl (C=O) groups excluding carboxylic acids is 1. The minimum Gasteiger partial charge on any atom is -0.321 e. The molecule has 0 unspecified atom stereocenters. The lowest BCUT2D eigenvalue weighted by Gasteiger charge is -2.07. The molecular weight excluding hydrogens is 262 g/mol. The van der Waals surface area contributed by atoms with Crippen LogP contribution in [0.5, 0.6) is 0 Å². The normalized spacial score (nSPS) is 10.8. The molecule has 2 heterocycles. The molecule has 0 fully saturated rings. The van der Waals surface area contributed by atoms with E-state index in [2.05, 4.69) is 10.3 Å². The Morgan fingerprint density at radius 1 is 1.19 bits per heavy atom. The molecule has 4 nitrogen and oxygen atoms in total. The summed E-state index contributed by atoms with van der Waals surface area (Å²) in [7, 11) is 0. The predicted octanol–water partition coefficient (Wildman–Crippen LogP) is 3.46. The van der Waals surface area contributed by atoms with Gasteiger partial charge in [0, 0.05) is 11.9 Å². The maximum absolute atomic E-state index is 12.6. The number of amides is 1. The SMILES string of the molecule is CCc1nc2ccc(C)cn2c1C(=O)Nc1ccccc1. The second kappa shape index (κ2) is 5.40. The molecule has 3 rings (SSSR count). The number of nitrogens with zero attached hydrogens (tertiary/aromatic N) is 2. The Bertz CT molecular complexity index is 790. The number of hydrogen-bond acceptors (Lipinski definition) is 2. The Kier molecular flexibility index (Phi) is 3.44. The van der Waals surface area contributed by atoms with Crippen molar-refractivity contribution in [3.63, 3.8) is 0 Å². The Morgan fingerprint density at radius 3 is 2.67 bits per heavy atom. The van der Waals surface area contributed by atoms with Crippen molar-refractivity contribution in [2.45, 2.75) is 20.3 Å². The van der Waals surface area contributed by atoms with Crippen LogP contribution in [0.25, 0.3) is 5.65 Å². The van der Waals surface area contributed by atoms with Gasteiger partial charge in [-0.15, -0.1) is 0 Å². The van der Waals surface area contributed by atoms with Gasteiger partial charge in [0.15, 0.2) is 0 Å². The van der Waals surface area contributed by atoms with Crippen LogP contribution in [-0.2, 0) is 6.42 Å². The summed E-state index contributed by atoms with van der Waals surface area (Å²) in [5.74, 6) is -0.129. The second-order valence-electron chi connectivity index (χ2n) is 5.02. The van der Waals surface area contributed by atoms with Gasteiger partial charge in [-0.1, -0.05) is 31.2 Å². The smallest absolute Gasteiger partial charge is 0.274 e. The van der Waals surface area contributed by atoms with Gasteiger partial charge in [-0.3, -0.25) is 9.20 Å². The Hall–Kier alpha value is -2.62. The molecule has 1 N–H and O–H groups in total. The Balaban J connectivity index is 2.06. The highest BCUT2D eigenvalue weighted by Crippen LogP contribution is 2.17. The van der Waals surface area contributed by atoms with Gasteiger partial charge in [0.05, 0.1) is 5.69 Å². The van der Waals surface area contributed by atoms with E-state index in [0.29, 0.717) is 5.69 Å². The fourth-order valence-electron chi connectivity index (χ4n) is 2.40. The summed E-state index contributed by atoms with van der Waals surface area (Å²) in [5.41, 5.74) is 4.10. The number of aromatic nitrogens is 2. The maximum Gasteiger partial charge on any atom is 0.274 e. The molecule has 0 spiro atoms. The fourth-order valence-corrected chi connectivity index (χ4v) is 2.40. The lowest BCUT2D eigenvalue weighted by atomic mass is 10.2. The molecule has 0 aliphatic carbocycles. The third-order valence-electron chi connectivity index (χ3n) is 3.42. The summed E-state index contributed by atoms with van der Waals surface area (Å²) in [6.45, 7) is 4.01. The highest BCUT2D eigenvalue weighted by molar-refractivity contribution is 6.04. The van der Waals surface area contributed by atoms with E-state index in [-0.39, 0.29) is 5.91 Å². The highest BCUT2D eigenvalue weighted by atomic mass is 16.2. The number of imidazole rings is 1. The molecule has 4 heteroatoms. The molecule has 0 saturated carbocycles. The molecule has 21 heavy (non-hydrogen) atoms. The van der Waals surface area contributed by atoms with Crippen molar-refractivity contribution in [3.05, 3.63) is 65.6 Å². The Morgan fingerprint density at radius 2 is 1.95 bits per heavy atom. The molecule has 0 aliphatic rings. The molecule has 106 valence electrons. The van der Waals surface area contributed by atoms with Crippen LogP contribution in [-0.4, -0.2) is 15.3 Å². The zero-order chi connectivity index (χ0) is 14.8. The molecule has 0 bridgehead atoms. The highest BCUT2D eigenvalue weighted by Gasteiger charge is 2.18. The van der Waals surface area contributed by atoms with E-state index in [9.17, 15) is 4.79 Å². The zero-order valence-electron chi connectivity index (χ0n) is 12.1. The molecule has 3 aromatic rings. The summed E-state index contributed by atoms with van der Waals surface area (Å²) in [5, 5.41) is 2.93. The van der Waals surface area contributed by atoms with E-state index >= 15 is 0 Å². The van der Waals surface area contributed by atoms with Gasteiger partial charge in [-0.25, -0.2) is 4.98 Å². The summed E-state index contributed by atoms with van der Waals surface area (Å²) >= 11 is 0. The maximum atomic E-state index is 12.6. The van der Waals surface area contributed by atoms with E-state index < -0.39 is 0 Å². The first-order chi connectivity index (χ1) is 10.2. The second-order valence-corrected chi connectivity index (χ2v) is 5.02. The molecular formula is C17H17N3O. The number of para-hydroxylation sites is 1. The number of hydrogen-bond donors (Lipinski definition) is 1. The van der Waals surface area contributed by atoms with Crippen LogP contribution in [0.2, 0.25) is 0 Å². The van der Waals surface area contributed by atoms with Gasteiger partial charge in [0.2, 0.25) is 0 Å². The summed E-state index contributed by atoms with van der Waals surface area (Å²) in [4.78, 5) is 17.1. The monoisotopic (exact) mass is 279 g/mol. The van der Waals surface area contributed by atoms with Crippen LogP contribution in [0.15, 0.2) is 48.7 Å². The van der Waals surface area contributed by atoms with Crippen LogP contribution >= 0.6 is 0 Å². The van der Waals surface area contributed by atoms with Gasteiger partial charge >= 0.3 is 0 Å². The molecule has 0 radical (unpaired) electrons. The van der Waals surface area contributed by atoms with E-state index in [1.54, 1.807) is 0 Å². The first kappa shape index (κ1) is 13.4. The lowest BCUT2D eigenvalue weighted by molar-refractivity contribution is 0.102. The number of carbonyl (C=O) groups is 1. The predicted molar refractivity (Wildman–Crippen MR) is 83.7 cm³/mol. The molecule has 2 aromatic heterocycles. The van der Waals surface area contributed by atoms with Crippen molar-refractivity contribution in [2.24, 2.45) is 0 Å². The van der Waals surface area contributed by atoms with Crippen molar-refractivity contribution < 1.29 is 4.79 Å². The summed E-state index contributed by atoms with van der Waals surface area (Å²) < 4.78 is 1.87. The van der Waals surface area contributed by atoms with Gasteiger partial charge in [-0.05, 0) is 37.1 Å². The molecule has 0 atom stereocenters. The van der Waals surface area contributed by atoms with Crippen LogP contribution in [0.4, 0.5) is 5.69 Å².